The van der Waals surface area contributed by atoms with Crippen LogP contribution in [0.25, 0.3) is 0 Å². The lowest BCUT2D eigenvalue weighted by molar-refractivity contribution is 0.00815. The predicted octanol–water partition coefficient (Wildman–Crippen LogP) is 5.06. The van der Waals surface area contributed by atoms with Gasteiger partial charge in [0, 0.05) is 6.42 Å². The van der Waals surface area contributed by atoms with Crippen LogP contribution >= 0.6 is 0 Å². The van der Waals surface area contributed by atoms with Crippen molar-refractivity contribution >= 4 is 6.16 Å². The van der Waals surface area contributed by atoms with Gasteiger partial charge in [0.2, 0.25) is 0 Å². The van der Waals surface area contributed by atoms with Crippen molar-refractivity contribution in [2.45, 2.75) is 58.7 Å². The van der Waals surface area contributed by atoms with Gasteiger partial charge in [-0.05, 0) is 32.6 Å². The van der Waals surface area contributed by atoms with Crippen molar-refractivity contribution in [2.75, 3.05) is 13.2 Å². The molecule has 0 spiro atoms. The SMILES string of the molecule is C#C[C@@H](CC/C(C)=C/COCC=C)[C@]1(C)OC(=O)O[C@@H]1CC(=C)C(C)C. The van der Waals surface area contributed by atoms with E-state index in [1.165, 1.54) is 5.57 Å². The van der Waals surface area contributed by atoms with E-state index in [1.807, 2.05) is 19.9 Å². The lowest BCUT2D eigenvalue weighted by Gasteiger charge is -2.33. The molecular weight excluding hydrogens is 328 g/mol. The zero-order valence-corrected chi connectivity index (χ0v) is 16.5. The molecule has 1 saturated heterocycles. The summed E-state index contributed by atoms with van der Waals surface area (Å²) < 4.78 is 16.3. The fraction of sp³-hybridized carbons (Fsp3) is 0.591. The fourth-order valence-electron chi connectivity index (χ4n) is 2.88. The summed E-state index contributed by atoms with van der Waals surface area (Å²) in [4.78, 5) is 11.8. The average Bonchev–Trinajstić information content (AvgIpc) is 2.86. The Balaban J connectivity index is 2.75. The molecule has 0 aromatic carbocycles. The van der Waals surface area contributed by atoms with Crippen LogP contribution in [0.2, 0.25) is 0 Å². The number of carbonyl (C=O) groups excluding carboxylic acids is 1. The van der Waals surface area contributed by atoms with E-state index >= 15 is 0 Å². The van der Waals surface area contributed by atoms with E-state index in [0.29, 0.717) is 32.0 Å². The van der Waals surface area contributed by atoms with Gasteiger partial charge in [-0.2, -0.15) is 0 Å². The van der Waals surface area contributed by atoms with E-state index in [0.717, 1.165) is 12.0 Å². The predicted molar refractivity (Wildman–Crippen MR) is 105 cm³/mol. The highest BCUT2D eigenvalue weighted by molar-refractivity contribution is 5.63. The molecule has 3 atom stereocenters. The molecule has 144 valence electrons. The first-order valence-corrected chi connectivity index (χ1v) is 9.12. The second kappa shape index (κ2) is 10.2. The number of hydrogen-bond donors (Lipinski definition) is 0. The van der Waals surface area contributed by atoms with E-state index in [-0.39, 0.29) is 5.92 Å². The molecule has 1 aliphatic rings. The molecule has 1 aliphatic heterocycles. The summed E-state index contributed by atoms with van der Waals surface area (Å²) in [5.41, 5.74) is 1.36. The largest absolute Gasteiger partial charge is 0.509 e. The summed E-state index contributed by atoms with van der Waals surface area (Å²) in [5, 5.41) is 0. The zero-order valence-electron chi connectivity index (χ0n) is 16.5. The van der Waals surface area contributed by atoms with Crippen LogP contribution in [0.15, 0.2) is 36.5 Å². The van der Waals surface area contributed by atoms with Gasteiger partial charge in [-0.25, -0.2) is 4.79 Å². The van der Waals surface area contributed by atoms with Gasteiger partial charge >= 0.3 is 6.16 Å². The van der Waals surface area contributed by atoms with Gasteiger partial charge < -0.3 is 14.2 Å². The van der Waals surface area contributed by atoms with Crippen molar-refractivity contribution in [1.29, 1.82) is 0 Å². The smallest absolute Gasteiger partial charge is 0.426 e. The monoisotopic (exact) mass is 360 g/mol. The highest BCUT2D eigenvalue weighted by atomic mass is 16.8. The Hall–Kier alpha value is -1.99. The summed E-state index contributed by atoms with van der Waals surface area (Å²) in [7, 11) is 0. The van der Waals surface area contributed by atoms with Crippen molar-refractivity contribution in [3.8, 4) is 12.3 Å². The van der Waals surface area contributed by atoms with Gasteiger partial charge in [-0.3, -0.25) is 0 Å². The number of cyclic esters (lactones) is 2. The van der Waals surface area contributed by atoms with Gasteiger partial charge in [-0.15, -0.1) is 13.0 Å². The van der Waals surface area contributed by atoms with Crippen LogP contribution < -0.4 is 0 Å². The van der Waals surface area contributed by atoms with Gasteiger partial charge in [0.1, 0.15) is 6.10 Å². The Bertz CT molecular complexity index is 581. The Morgan fingerprint density at radius 3 is 2.73 bits per heavy atom. The van der Waals surface area contributed by atoms with E-state index in [9.17, 15) is 4.79 Å². The molecule has 1 rings (SSSR count). The number of allylic oxidation sites excluding steroid dienone is 1. The molecule has 26 heavy (non-hydrogen) atoms. The van der Waals surface area contributed by atoms with Crippen molar-refractivity contribution in [3.63, 3.8) is 0 Å². The molecule has 0 saturated carbocycles. The quantitative estimate of drug-likeness (QED) is 0.224. The van der Waals surface area contributed by atoms with E-state index < -0.39 is 17.9 Å². The van der Waals surface area contributed by atoms with Gasteiger partial charge in [0.15, 0.2) is 5.60 Å². The molecule has 0 radical (unpaired) electrons. The molecule has 0 amide bonds. The van der Waals surface area contributed by atoms with E-state index in [2.05, 4.69) is 32.9 Å². The van der Waals surface area contributed by atoms with Gasteiger partial charge in [0.05, 0.1) is 19.1 Å². The van der Waals surface area contributed by atoms with Crippen LogP contribution in [0.1, 0.15) is 47.0 Å². The minimum atomic E-state index is -0.844. The van der Waals surface area contributed by atoms with Crippen molar-refractivity contribution in [3.05, 3.63) is 36.5 Å². The van der Waals surface area contributed by atoms with Gasteiger partial charge in [0.25, 0.3) is 0 Å². The number of ether oxygens (including phenoxy) is 3. The topological polar surface area (TPSA) is 44.8 Å². The molecular formula is C22H32O4. The Morgan fingerprint density at radius 2 is 2.15 bits per heavy atom. The molecule has 0 aromatic heterocycles. The molecule has 0 aromatic rings. The van der Waals surface area contributed by atoms with Crippen LogP contribution in [0.5, 0.6) is 0 Å². The average molecular weight is 360 g/mol. The normalized spacial score (nSPS) is 23.9. The van der Waals surface area contributed by atoms with E-state index in [4.69, 9.17) is 20.6 Å². The number of carbonyl (C=O) groups is 1. The lowest BCUT2D eigenvalue weighted by Crippen LogP contribution is -2.44. The summed E-state index contributed by atoms with van der Waals surface area (Å²) in [6, 6.07) is 0. The third-order valence-electron chi connectivity index (χ3n) is 4.95. The van der Waals surface area contributed by atoms with Crippen LogP contribution in [-0.2, 0) is 14.2 Å². The summed E-state index contributed by atoms with van der Waals surface area (Å²) in [5.74, 6) is 2.88. The molecule has 4 heteroatoms. The fourth-order valence-corrected chi connectivity index (χ4v) is 2.88. The minimum absolute atomic E-state index is 0.239. The molecule has 0 N–H and O–H groups in total. The molecule has 1 fully saturated rings. The molecule has 0 aliphatic carbocycles. The standard InChI is InChI=1S/C22H32O4/c1-8-13-24-14-12-17(5)10-11-19(9-2)22(7)20(25-21(23)26-22)15-18(6)16(3)4/h2,8,12,16,19-20H,1,6,10-11,13-15H2,3-5,7H3/b17-12+/t19-,20+,22-/m0/s1. The van der Waals surface area contributed by atoms with Crippen LogP contribution in [0, 0.1) is 24.2 Å². The number of terminal acetylenes is 1. The highest BCUT2D eigenvalue weighted by Gasteiger charge is 2.52. The first-order valence-electron chi connectivity index (χ1n) is 9.12. The Kier molecular flexibility index (Phi) is 8.68. The van der Waals surface area contributed by atoms with Crippen LogP contribution in [0.4, 0.5) is 4.79 Å². The summed E-state index contributed by atoms with van der Waals surface area (Å²) >= 11 is 0. The van der Waals surface area contributed by atoms with Crippen molar-refractivity contribution in [2.24, 2.45) is 11.8 Å². The van der Waals surface area contributed by atoms with E-state index in [1.54, 1.807) is 6.08 Å². The van der Waals surface area contributed by atoms with Gasteiger partial charge in [-0.1, -0.05) is 49.6 Å². The molecule has 0 unspecified atom stereocenters. The highest BCUT2D eigenvalue weighted by Crippen LogP contribution is 2.40. The van der Waals surface area contributed by atoms with Crippen LogP contribution in [-0.4, -0.2) is 31.1 Å². The third-order valence-corrected chi connectivity index (χ3v) is 4.95. The van der Waals surface area contributed by atoms with Crippen molar-refractivity contribution in [1.82, 2.24) is 0 Å². The Labute approximate surface area is 158 Å². The number of hydrogen-bond acceptors (Lipinski definition) is 4. The first-order chi connectivity index (χ1) is 12.2. The second-order valence-electron chi connectivity index (χ2n) is 7.29. The maximum absolute atomic E-state index is 11.8. The number of rotatable bonds is 11. The molecule has 4 nitrogen and oxygen atoms in total. The molecule has 1 heterocycles. The zero-order chi connectivity index (χ0) is 19.7. The van der Waals surface area contributed by atoms with Crippen molar-refractivity contribution < 1.29 is 19.0 Å². The summed E-state index contributed by atoms with van der Waals surface area (Å²) in [6.45, 7) is 16.8. The minimum Gasteiger partial charge on any atom is -0.426 e. The summed E-state index contributed by atoms with van der Waals surface area (Å²) in [6.07, 6.45) is 10.5. The maximum Gasteiger partial charge on any atom is 0.509 e. The molecule has 0 bridgehead atoms. The van der Waals surface area contributed by atoms with Crippen LogP contribution in [0.3, 0.4) is 0 Å². The third kappa shape index (κ3) is 6.07. The maximum atomic E-state index is 11.8. The second-order valence-corrected chi connectivity index (χ2v) is 7.29. The first kappa shape index (κ1) is 22.1. The lowest BCUT2D eigenvalue weighted by atomic mass is 9.78. The Morgan fingerprint density at radius 1 is 1.46 bits per heavy atom.